The molecule has 0 fully saturated rings. The number of fused-ring (bicyclic) bond motifs is 1. The van der Waals surface area contributed by atoms with E-state index in [4.69, 9.17) is 0 Å². The van der Waals surface area contributed by atoms with Crippen LogP contribution in [0, 0.1) is 0 Å². The maximum Gasteiger partial charge on any atom is 0.0194 e. The molecular formula is C10H8S. The van der Waals surface area contributed by atoms with Gasteiger partial charge in [0.2, 0.25) is 0 Å². The van der Waals surface area contributed by atoms with Crippen LogP contribution < -0.4 is 0 Å². The van der Waals surface area contributed by atoms with Crippen LogP contribution >= 0.6 is 11.8 Å². The summed E-state index contributed by atoms with van der Waals surface area (Å²) in [6, 6.07) is 8.34. The summed E-state index contributed by atoms with van der Waals surface area (Å²) in [5.41, 5.74) is 1.30. The zero-order valence-electron chi connectivity index (χ0n) is 6.08. The molecule has 1 heteroatoms. The highest BCUT2D eigenvalue weighted by Gasteiger charge is 2.04. The number of hydrogen-bond donors (Lipinski definition) is 0. The summed E-state index contributed by atoms with van der Waals surface area (Å²) in [5.74, 6) is 0. The average Bonchev–Trinajstić information content (AvgIpc) is 2.04. The molecular weight excluding hydrogens is 152 g/mol. The zero-order chi connectivity index (χ0) is 7.68. The summed E-state index contributed by atoms with van der Waals surface area (Å²) < 4.78 is 0. The number of thioether (sulfide) groups is 1. The molecule has 1 aromatic rings. The molecule has 54 valence electrons. The molecule has 0 saturated carbocycles. The van der Waals surface area contributed by atoms with Gasteiger partial charge in [-0.15, -0.1) is 0 Å². The van der Waals surface area contributed by atoms with Crippen molar-refractivity contribution in [2.24, 2.45) is 0 Å². The fraction of sp³-hybridized carbons (Fsp3) is 0. The van der Waals surface area contributed by atoms with Crippen LogP contribution in [-0.2, 0) is 0 Å². The van der Waals surface area contributed by atoms with Crippen molar-refractivity contribution < 1.29 is 0 Å². The fourth-order valence-electron chi connectivity index (χ4n) is 1.07. The quantitative estimate of drug-likeness (QED) is 0.561. The number of rotatable bonds is 0. The van der Waals surface area contributed by atoms with Crippen LogP contribution in [-0.4, -0.2) is 0 Å². The van der Waals surface area contributed by atoms with Crippen molar-refractivity contribution in [2.45, 2.75) is 4.90 Å². The Morgan fingerprint density at radius 1 is 1.09 bits per heavy atom. The molecule has 0 nitrogen and oxygen atoms in total. The van der Waals surface area contributed by atoms with E-state index in [9.17, 15) is 0 Å². The van der Waals surface area contributed by atoms with Gasteiger partial charge in [-0.05, 0) is 17.7 Å². The monoisotopic (exact) mass is 160 g/mol. The van der Waals surface area contributed by atoms with Crippen molar-refractivity contribution >= 4 is 17.8 Å². The van der Waals surface area contributed by atoms with Gasteiger partial charge >= 0.3 is 0 Å². The number of hydrogen-bond acceptors (Lipinski definition) is 1. The molecule has 0 atom stereocenters. The molecule has 0 saturated heterocycles. The Bertz CT molecular complexity index is 323. The van der Waals surface area contributed by atoms with Gasteiger partial charge in [0.05, 0.1) is 0 Å². The van der Waals surface area contributed by atoms with E-state index in [0.717, 1.165) is 4.91 Å². The van der Waals surface area contributed by atoms with Crippen LogP contribution in [0.1, 0.15) is 5.56 Å². The highest BCUT2D eigenvalue weighted by molar-refractivity contribution is 8.03. The van der Waals surface area contributed by atoms with Gasteiger partial charge in [-0.2, -0.15) is 0 Å². The molecule has 0 unspecified atom stereocenters. The van der Waals surface area contributed by atoms with Crippen molar-refractivity contribution in [3.63, 3.8) is 0 Å². The van der Waals surface area contributed by atoms with E-state index in [2.05, 4.69) is 36.9 Å². The van der Waals surface area contributed by atoms with E-state index in [0.29, 0.717) is 0 Å². The van der Waals surface area contributed by atoms with Crippen LogP contribution in [0.2, 0.25) is 0 Å². The zero-order valence-corrected chi connectivity index (χ0v) is 6.90. The molecule has 1 heterocycles. The molecule has 1 aliphatic rings. The third-order valence-electron chi connectivity index (χ3n) is 1.61. The van der Waals surface area contributed by atoms with Gasteiger partial charge < -0.3 is 0 Å². The van der Waals surface area contributed by atoms with Gasteiger partial charge in [0, 0.05) is 9.80 Å². The van der Waals surface area contributed by atoms with Gasteiger partial charge in [-0.1, -0.05) is 42.6 Å². The Kier molecular flexibility index (Phi) is 1.59. The second-order valence-corrected chi connectivity index (χ2v) is 3.61. The Labute approximate surface area is 70.6 Å². The standard InChI is InChI=1S/C10H8S/c1-8-6-7-9-4-2-3-5-10(9)11-8/h2-7H,1H2. The fourth-order valence-corrected chi connectivity index (χ4v) is 1.89. The first-order valence-electron chi connectivity index (χ1n) is 3.50. The van der Waals surface area contributed by atoms with E-state index in [1.165, 1.54) is 10.5 Å². The minimum atomic E-state index is 1.11. The first kappa shape index (κ1) is 6.74. The molecule has 0 bridgehead atoms. The Morgan fingerprint density at radius 2 is 1.91 bits per heavy atom. The molecule has 11 heavy (non-hydrogen) atoms. The van der Waals surface area contributed by atoms with Crippen LogP contribution in [0.4, 0.5) is 0 Å². The van der Waals surface area contributed by atoms with E-state index < -0.39 is 0 Å². The minimum Gasteiger partial charge on any atom is -0.0901 e. The van der Waals surface area contributed by atoms with Crippen molar-refractivity contribution in [1.29, 1.82) is 0 Å². The van der Waals surface area contributed by atoms with E-state index >= 15 is 0 Å². The first-order valence-corrected chi connectivity index (χ1v) is 4.32. The smallest absolute Gasteiger partial charge is 0.0194 e. The Morgan fingerprint density at radius 3 is 2.82 bits per heavy atom. The molecule has 2 rings (SSSR count). The predicted molar refractivity (Wildman–Crippen MR) is 50.5 cm³/mol. The van der Waals surface area contributed by atoms with Crippen LogP contribution in [0.15, 0.2) is 46.7 Å². The lowest BCUT2D eigenvalue weighted by atomic mass is 10.2. The lowest BCUT2D eigenvalue weighted by Gasteiger charge is -2.09. The molecule has 0 amide bonds. The lowest BCUT2D eigenvalue weighted by Crippen LogP contribution is -1.83. The van der Waals surface area contributed by atoms with Crippen molar-refractivity contribution in [3.8, 4) is 0 Å². The number of benzene rings is 1. The number of allylic oxidation sites excluding steroid dienone is 1. The summed E-state index contributed by atoms with van der Waals surface area (Å²) in [5, 5.41) is 0. The lowest BCUT2D eigenvalue weighted by molar-refractivity contribution is 1.42. The van der Waals surface area contributed by atoms with Gasteiger partial charge in [-0.25, -0.2) is 0 Å². The molecule has 1 aliphatic heterocycles. The highest BCUT2D eigenvalue weighted by Crippen LogP contribution is 2.34. The Balaban J connectivity index is 2.54. The van der Waals surface area contributed by atoms with E-state index in [1.807, 2.05) is 6.08 Å². The summed E-state index contributed by atoms with van der Waals surface area (Å²) in [4.78, 5) is 2.42. The van der Waals surface area contributed by atoms with Crippen LogP contribution in [0.5, 0.6) is 0 Å². The van der Waals surface area contributed by atoms with Gasteiger partial charge in [0.1, 0.15) is 0 Å². The second kappa shape index (κ2) is 2.59. The summed E-state index contributed by atoms with van der Waals surface area (Å²) in [7, 11) is 0. The highest BCUT2D eigenvalue weighted by atomic mass is 32.2. The topological polar surface area (TPSA) is 0 Å². The van der Waals surface area contributed by atoms with Crippen LogP contribution in [0.3, 0.4) is 0 Å². The first-order chi connectivity index (χ1) is 5.36. The predicted octanol–water partition coefficient (Wildman–Crippen LogP) is 3.32. The van der Waals surface area contributed by atoms with Crippen LogP contribution in [0.25, 0.3) is 6.08 Å². The normalized spacial score (nSPS) is 14.7. The van der Waals surface area contributed by atoms with Gasteiger partial charge in [0.25, 0.3) is 0 Å². The molecule has 0 aromatic heterocycles. The second-order valence-electron chi connectivity index (χ2n) is 2.44. The molecule has 1 aromatic carbocycles. The molecule has 0 spiro atoms. The summed E-state index contributed by atoms with van der Waals surface area (Å²) in [6.07, 6.45) is 4.15. The maximum absolute atomic E-state index is 3.89. The van der Waals surface area contributed by atoms with Crippen molar-refractivity contribution in [1.82, 2.24) is 0 Å². The van der Waals surface area contributed by atoms with Gasteiger partial charge in [-0.3, -0.25) is 0 Å². The molecule has 0 aliphatic carbocycles. The summed E-state index contributed by atoms with van der Waals surface area (Å²) in [6.45, 7) is 3.89. The SMILES string of the molecule is C=C1C=Cc2ccccc2S1. The molecule has 0 N–H and O–H groups in total. The summed E-state index contributed by atoms with van der Waals surface area (Å²) >= 11 is 1.73. The minimum absolute atomic E-state index is 1.11. The van der Waals surface area contributed by atoms with E-state index in [1.54, 1.807) is 11.8 Å². The third kappa shape index (κ3) is 1.24. The average molecular weight is 160 g/mol. The van der Waals surface area contributed by atoms with E-state index in [-0.39, 0.29) is 0 Å². The Hall–Kier alpha value is -0.950. The van der Waals surface area contributed by atoms with Crippen molar-refractivity contribution in [3.05, 3.63) is 47.4 Å². The van der Waals surface area contributed by atoms with Gasteiger partial charge in [0.15, 0.2) is 0 Å². The van der Waals surface area contributed by atoms with Crippen molar-refractivity contribution in [2.75, 3.05) is 0 Å². The molecule has 0 radical (unpaired) electrons. The largest absolute Gasteiger partial charge is 0.0901 e. The maximum atomic E-state index is 3.89. The third-order valence-corrected chi connectivity index (χ3v) is 2.60.